The summed E-state index contributed by atoms with van der Waals surface area (Å²) in [5.41, 5.74) is 0.587. The summed E-state index contributed by atoms with van der Waals surface area (Å²) in [5.74, 6) is 0.737. The highest BCUT2D eigenvalue weighted by atomic mass is 19.1. The van der Waals surface area contributed by atoms with E-state index in [4.69, 9.17) is 19.2 Å². The van der Waals surface area contributed by atoms with Crippen LogP contribution in [0, 0.1) is 29.5 Å². The van der Waals surface area contributed by atoms with Crippen LogP contribution in [-0.2, 0) is 24.8 Å². The number of hydrogen-bond acceptors (Lipinski definition) is 4. The standard InChI is InChI=1S/C24H33FO4/c1-16-12-18-14-17(2)24(20(13-16)15-18)27-23(28-29-24)10-8-22(26-3,9-11-23)19-4-6-21(25)7-5-19/h4-7,16-18,20H,8-15H2,1-3H3. The van der Waals surface area contributed by atoms with Crippen molar-refractivity contribution in [2.24, 2.45) is 23.7 Å². The molecule has 29 heavy (non-hydrogen) atoms. The van der Waals surface area contributed by atoms with Crippen LogP contribution in [0.15, 0.2) is 24.3 Å². The molecule has 0 N–H and O–H groups in total. The Morgan fingerprint density at radius 3 is 2.34 bits per heavy atom. The van der Waals surface area contributed by atoms with Crippen molar-refractivity contribution < 1.29 is 23.6 Å². The molecule has 0 amide bonds. The van der Waals surface area contributed by atoms with Crippen molar-refractivity contribution in [3.63, 3.8) is 0 Å². The Bertz CT molecular complexity index is 738. The van der Waals surface area contributed by atoms with Crippen molar-refractivity contribution in [3.8, 4) is 0 Å². The van der Waals surface area contributed by atoms with Gasteiger partial charge in [0.25, 0.3) is 0 Å². The van der Waals surface area contributed by atoms with Gasteiger partial charge in [0.05, 0.1) is 5.60 Å². The van der Waals surface area contributed by atoms with E-state index in [1.807, 2.05) is 12.1 Å². The lowest BCUT2D eigenvalue weighted by molar-refractivity contribution is -0.381. The molecule has 2 bridgehead atoms. The van der Waals surface area contributed by atoms with Crippen molar-refractivity contribution in [1.82, 2.24) is 0 Å². The first-order chi connectivity index (χ1) is 13.9. The Balaban J connectivity index is 1.34. The molecule has 1 saturated heterocycles. The number of ether oxygens (including phenoxy) is 2. The highest BCUT2D eigenvalue weighted by Crippen LogP contribution is 2.59. The van der Waals surface area contributed by atoms with E-state index in [9.17, 15) is 4.39 Å². The lowest BCUT2D eigenvalue weighted by Crippen LogP contribution is -2.54. The van der Waals surface area contributed by atoms with E-state index in [0.717, 1.165) is 43.1 Å². The summed E-state index contributed by atoms with van der Waals surface area (Å²) >= 11 is 0. The van der Waals surface area contributed by atoms with E-state index < -0.39 is 17.2 Å². The smallest absolute Gasteiger partial charge is 0.210 e. The third kappa shape index (κ3) is 3.16. The third-order valence-corrected chi connectivity index (χ3v) is 8.23. The number of rotatable bonds is 2. The van der Waals surface area contributed by atoms with E-state index in [1.54, 1.807) is 7.11 Å². The molecule has 5 heteroatoms. The molecule has 4 aliphatic rings. The van der Waals surface area contributed by atoms with Gasteiger partial charge in [-0.05, 0) is 68.1 Å². The number of benzene rings is 1. The Kier molecular flexibility index (Phi) is 4.82. The molecule has 1 heterocycles. The van der Waals surface area contributed by atoms with Gasteiger partial charge >= 0.3 is 0 Å². The van der Waals surface area contributed by atoms with Gasteiger partial charge in [0.1, 0.15) is 5.82 Å². The zero-order chi connectivity index (χ0) is 20.3. The normalized spacial score (nSPS) is 47.0. The van der Waals surface area contributed by atoms with Gasteiger partial charge in [-0.1, -0.05) is 26.0 Å². The summed E-state index contributed by atoms with van der Waals surface area (Å²) in [6.07, 6.45) is 7.74. The Labute approximate surface area is 173 Å². The molecule has 5 rings (SSSR count). The fraction of sp³-hybridized carbons (Fsp3) is 0.750. The molecule has 2 spiro atoms. The van der Waals surface area contributed by atoms with Gasteiger partial charge in [-0.25, -0.2) is 4.39 Å². The molecule has 160 valence electrons. The van der Waals surface area contributed by atoms with E-state index in [-0.39, 0.29) is 5.82 Å². The van der Waals surface area contributed by atoms with E-state index >= 15 is 0 Å². The highest BCUT2D eigenvalue weighted by molar-refractivity contribution is 5.24. The molecule has 1 aromatic carbocycles. The van der Waals surface area contributed by atoms with Crippen LogP contribution in [0.1, 0.15) is 70.8 Å². The average molecular weight is 405 g/mol. The van der Waals surface area contributed by atoms with Gasteiger partial charge in [0.2, 0.25) is 11.6 Å². The fourth-order valence-corrected chi connectivity index (χ4v) is 6.72. The number of halogens is 1. The van der Waals surface area contributed by atoms with Gasteiger partial charge in [-0.2, -0.15) is 9.78 Å². The summed E-state index contributed by atoms with van der Waals surface area (Å²) in [4.78, 5) is 12.2. The summed E-state index contributed by atoms with van der Waals surface area (Å²) in [5, 5.41) is 0. The van der Waals surface area contributed by atoms with Crippen molar-refractivity contribution in [2.75, 3.05) is 7.11 Å². The van der Waals surface area contributed by atoms with Crippen LogP contribution in [0.3, 0.4) is 0 Å². The van der Waals surface area contributed by atoms with E-state index in [2.05, 4.69) is 13.8 Å². The minimum absolute atomic E-state index is 0.226. The lowest BCUT2D eigenvalue weighted by atomic mass is 9.62. The molecule has 5 unspecified atom stereocenters. The SMILES string of the molecule is COC1(c2ccc(F)cc2)CCC2(CC1)OOC1(O2)C(C)CC2CC(C)CC1C2. The molecule has 1 aromatic rings. The van der Waals surface area contributed by atoms with Gasteiger partial charge in [-0.3, -0.25) is 0 Å². The second-order valence-corrected chi connectivity index (χ2v) is 10.1. The topological polar surface area (TPSA) is 36.9 Å². The first-order valence-corrected chi connectivity index (χ1v) is 11.3. The van der Waals surface area contributed by atoms with Crippen molar-refractivity contribution >= 4 is 0 Å². The van der Waals surface area contributed by atoms with Crippen molar-refractivity contribution in [3.05, 3.63) is 35.6 Å². The van der Waals surface area contributed by atoms with Crippen LogP contribution >= 0.6 is 0 Å². The quantitative estimate of drug-likeness (QED) is 0.592. The monoisotopic (exact) mass is 404 g/mol. The predicted molar refractivity (Wildman–Crippen MR) is 106 cm³/mol. The van der Waals surface area contributed by atoms with Crippen LogP contribution in [0.2, 0.25) is 0 Å². The summed E-state index contributed by atoms with van der Waals surface area (Å²) in [7, 11) is 1.74. The molecule has 5 atom stereocenters. The largest absolute Gasteiger partial charge is 0.374 e. The second kappa shape index (κ2) is 7.01. The van der Waals surface area contributed by atoms with Gasteiger partial charge in [0.15, 0.2) is 0 Å². The molecular formula is C24H33FO4. The maximum absolute atomic E-state index is 13.4. The van der Waals surface area contributed by atoms with Gasteiger partial charge in [0, 0.05) is 31.8 Å². The first-order valence-electron chi connectivity index (χ1n) is 11.3. The van der Waals surface area contributed by atoms with Crippen LogP contribution in [0.25, 0.3) is 0 Å². The van der Waals surface area contributed by atoms with E-state index in [1.165, 1.54) is 25.0 Å². The summed E-state index contributed by atoms with van der Waals surface area (Å²) in [6, 6.07) is 6.67. The number of fused-ring (bicyclic) bond motifs is 3. The Morgan fingerprint density at radius 2 is 1.66 bits per heavy atom. The lowest BCUT2D eigenvalue weighted by Gasteiger charge is -2.50. The van der Waals surface area contributed by atoms with Crippen LogP contribution in [-0.4, -0.2) is 18.7 Å². The van der Waals surface area contributed by atoms with Gasteiger partial charge in [-0.15, -0.1) is 0 Å². The molecule has 0 radical (unpaired) electrons. The Morgan fingerprint density at radius 1 is 0.931 bits per heavy atom. The van der Waals surface area contributed by atoms with Crippen LogP contribution in [0.4, 0.5) is 4.39 Å². The predicted octanol–water partition coefficient (Wildman–Crippen LogP) is 5.70. The summed E-state index contributed by atoms with van der Waals surface area (Å²) in [6.45, 7) is 4.61. The third-order valence-electron chi connectivity index (χ3n) is 8.23. The minimum Gasteiger partial charge on any atom is -0.374 e. The molecule has 0 aromatic heterocycles. The first kappa shape index (κ1) is 19.9. The molecule has 4 fully saturated rings. The highest BCUT2D eigenvalue weighted by Gasteiger charge is 2.63. The summed E-state index contributed by atoms with van der Waals surface area (Å²) < 4.78 is 26.2. The molecular weight excluding hydrogens is 371 g/mol. The van der Waals surface area contributed by atoms with Crippen LogP contribution in [0.5, 0.6) is 0 Å². The number of hydrogen-bond donors (Lipinski definition) is 0. The maximum atomic E-state index is 13.4. The Hall–Kier alpha value is -1.01. The molecule has 4 nitrogen and oxygen atoms in total. The van der Waals surface area contributed by atoms with Crippen molar-refractivity contribution in [2.45, 2.75) is 82.4 Å². The molecule has 1 aliphatic heterocycles. The number of methoxy groups -OCH3 is 1. The molecule has 3 saturated carbocycles. The fourth-order valence-electron chi connectivity index (χ4n) is 6.72. The second-order valence-electron chi connectivity index (χ2n) is 10.1. The van der Waals surface area contributed by atoms with Crippen molar-refractivity contribution in [1.29, 1.82) is 0 Å². The van der Waals surface area contributed by atoms with Crippen LogP contribution < -0.4 is 0 Å². The zero-order valence-corrected chi connectivity index (χ0v) is 17.8. The minimum atomic E-state index is -0.691. The van der Waals surface area contributed by atoms with Gasteiger partial charge < -0.3 is 9.47 Å². The average Bonchev–Trinajstić information content (AvgIpc) is 3.09. The maximum Gasteiger partial charge on any atom is 0.210 e. The zero-order valence-electron chi connectivity index (χ0n) is 17.8. The molecule has 3 aliphatic carbocycles. The van der Waals surface area contributed by atoms with E-state index in [0.29, 0.717) is 24.7 Å².